The van der Waals surface area contributed by atoms with Crippen LogP contribution >= 0.6 is 11.6 Å². The molecule has 17 heavy (non-hydrogen) atoms. The van der Waals surface area contributed by atoms with Crippen LogP contribution in [-0.2, 0) is 11.2 Å². The molecule has 92 valence electrons. The summed E-state index contributed by atoms with van der Waals surface area (Å²) in [6, 6.07) is 8.14. The molecule has 1 aliphatic heterocycles. The van der Waals surface area contributed by atoms with Gasteiger partial charge in [-0.2, -0.15) is 0 Å². The predicted molar refractivity (Wildman–Crippen MR) is 70.4 cm³/mol. The van der Waals surface area contributed by atoms with Gasteiger partial charge in [0.05, 0.1) is 11.7 Å². The van der Waals surface area contributed by atoms with E-state index in [1.807, 2.05) is 12.1 Å². The largest absolute Gasteiger partial charge is 0.366 e. The zero-order valence-electron chi connectivity index (χ0n) is 10.5. The Balaban J connectivity index is 1.64. The van der Waals surface area contributed by atoms with Crippen molar-refractivity contribution in [1.29, 1.82) is 0 Å². The van der Waals surface area contributed by atoms with Gasteiger partial charge < -0.3 is 4.74 Å². The van der Waals surface area contributed by atoms with Crippen LogP contribution in [0.25, 0.3) is 0 Å². The molecule has 0 aromatic heterocycles. The molecule has 2 aliphatic rings. The zero-order chi connectivity index (χ0) is 12.1. The molecule has 2 unspecified atom stereocenters. The molecule has 0 N–H and O–H groups in total. The van der Waals surface area contributed by atoms with Gasteiger partial charge in [-0.05, 0) is 42.4 Å². The topological polar surface area (TPSA) is 12.5 Å². The van der Waals surface area contributed by atoms with Crippen LogP contribution in [0.15, 0.2) is 24.3 Å². The molecule has 3 rings (SSSR count). The Morgan fingerprint density at radius 1 is 1.24 bits per heavy atom. The summed E-state index contributed by atoms with van der Waals surface area (Å²) >= 11 is 5.89. The molecule has 1 saturated carbocycles. The summed E-state index contributed by atoms with van der Waals surface area (Å²) in [5.41, 5.74) is 2.01. The third kappa shape index (κ3) is 2.23. The van der Waals surface area contributed by atoms with Crippen molar-refractivity contribution in [2.24, 2.45) is 5.41 Å². The summed E-state index contributed by atoms with van der Waals surface area (Å²) in [4.78, 5) is 0. The number of ether oxygens (including phenoxy) is 1. The predicted octanol–water partition coefficient (Wildman–Crippen LogP) is 4.23. The smallest absolute Gasteiger partial charge is 0.0957 e. The van der Waals surface area contributed by atoms with E-state index in [9.17, 15) is 0 Å². The molecule has 1 heterocycles. The maximum absolute atomic E-state index is 6.00. The fourth-order valence-corrected chi connectivity index (χ4v) is 3.35. The lowest BCUT2D eigenvalue weighted by Crippen LogP contribution is -2.14. The highest BCUT2D eigenvalue weighted by Crippen LogP contribution is 2.57. The highest BCUT2D eigenvalue weighted by Gasteiger charge is 2.61. The van der Waals surface area contributed by atoms with Gasteiger partial charge in [0.2, 0.25) is 0 Å². The Labute approximate surface area is 108 Å². The lowest BCUT2D eigenvalue weighted by Gasteiger charge is -2.15. The lowest BCUT2D eigenvalue weighted by atomic mass is 9.89. The number of hydrogen-bond donors (Lipinski definition) is 0. The van der Waals surface area contributed by atoms with Crippen molar-refractivity contribution in [2.45, 2.75) is 51.2 Å². The first kappa shape index (κ1) is 11.6. The number of hydrogen-bond acceptors (Lipinski definition) is 1. The molecule has 0 bridgehead atoms. The zero-order valence-corrected chi connectivity index (χ0v) is 11.3. The van der Waals surface area contributed by atoms with Gasteiger partial charge in [-0.3, -0.25) is 0 Å². The number of halogens is 1. The quantitative estimate of drug-likeness (QED) is 0.716. The van der Waals surface area contributed by atoms with Gasteiger partial charge in [0.15, 0.2) is 0 Å². The summed E-state index contributed by atoms with van der Waals surface area (Å²) in [6.45, 7) is 4.70. The van der Waals surface area contributed by atoms with Crippen molar-refractivity contribution in [3.05, 3.63) is 34.9 Å². The lowest BCUT2D eigenvalue weighted by molar-refractivity contribution is 0.272. The van der Waals surface area contributed by atoms with Gasteiger partial charge in [-0.1, -0.05) is 37.6 Å². The highest BCUT2D eigenvalue weighted by molar-refractivity contribution is 6.30. The summed E-state index contributed by atoms with van der Waals surface area (Å²) in [5, 5.41) is 0.808. The van der Waals surface area contributed by atoms with E-state index in [1.165, 1.54) is 24.8 Å². The molecule has 0 radical (unpaired) electrons. The normalized spacial score (nSPS) is 34.2. The minimum atomic E-state index is 0.211. The van der Waals surface area contributed by atoms with Gasteiger partial charge >= 0.3 is 0 Å². The first-order chi connectivity index (χ1) is 7.99. The van der Waals surface area contributed by atoms with E-state index < -0.39 is 0 Å². The molecule has 0 amide bonds. The van der Waals surface area contributed by atoms with E-state index in [1.54, 1.807) is 0 Å². The SMILES string of the molecule is CC1(C)CCC2(C1)OC2Cc1ccc(Cl)cc1. The number of benzene rings is 1. The van der Waals surface area contributed by atoms with E-state index >= 15 is 0 Å². The Hall–Kier alpha value is -0.530. The monoisotopic (exact) mass is 250 g/mol. The first-order valence-electron chi connectivity index (χ1n) is 6.41. The average molecular weight is 251 g/mol. The third-order valence-corrected chi connectivity index (χ3v) is 4.50. The van der Waals surface area contributed by atoms with Crippen LogP contribution in [0, 0.1) is 5.41 Å². The fourth-order valence-electron chi connectivity index (χ4n) is 3.22. The van der Waals surface area contributed by atoms with Crippen molar-refractivity contribution >= 4 is 11.6 Å². The van der Waals surface area contributed by atoms with Gasteiger partial charge in [-0.25, -0.2) is 0 Å². The molecule has 2 atom stereocenters. The van der Waals surface area contributed by atoms with Crippen LogP contribution in [-0.4, -0.2) is 11.7 Å². The molecule has 1 aromatic rings. The van der Waals surface area contributed by atoms with Crippen LogP contribution in [0.1, 0.15) is 38.7 Å². The summed E-state index contributed by atoms with van der Waals surface area (Å²) in [6.07, 6.45) is 5.22. The van der Waals surface area contributed by atoms with Gasteiger partial charge in [0, 0.05) is 11.4 Å². The van der Waals surface area contributed by atoms with E-state index in [0.717, 1.165) is 11.4 Å². The second-order valence-electron chi connectivity index (χ2n) is 6.34. The molecule has 1 aromatic carbocycles. The standard InChI is InChI=1S/C15H19ClO/c1-14(2)7-8-15(10-14)13(17-15)9-11-3-5-12(16)6-4-11/h3-6,13H,7-10H2,1-2H3. The average Bonchev–Trinajstić information content (AvgIpc) is 2.81. The van der Waals surface area contributed by atoms with E-state index in [4.69, 9.17) is 16.3 Å². The minimum absolute atomic E-state index is 0.211. The van der Waals surface area contributed by atoms with Crippen LogP contribution in [0.4, 0.5) is 0 Å². The van der Waals surface area contributed by atoms with Crippen molar-refractivity contribution in [2.75, 3.05) is 0 Å². The maximum atomic E-state index is 6.00. The van der Waals surface area contributed by atoms with Crippen molar-refractivity contribution < 1.29 is 4.74 Å². The van der Waals surface area contributed by atoms with Crippen LogP contribution < -0.4 is 0 Å². The van der Waals surface area contributed by atoms with Gasteiger partial charge in [0.25, 0.3) is 0 Å². The van der Waals surface area contributed by atoms with Crippen LogP contribution in [0.5, 0.6) is 0 Å². The molecule has 1 aliphatic carbocycles. The Kier molecular flexibility index (Phi) is 2.53. The molecular formula is C15H19ClO. The highest BCUT2D eigenvalue weighted by atomic mass is 35.5. The first-order valence-corrected chi connectivity index (χ1v) is 6.79. The fraction of sp³-hybridized carbons (Fsp3) is 0.600. The molecule has 2 heteroatoms. The van der Waals surface area contributed by atoms with E-state index in [-0.39, 0.29) is 5.60 Å². The summed E-state index contributed by atoms with van der Waals surface area (Å²) in [7, 11) is 0. The Morgan fingerprint density at radius 3 is 2.53 bits per heavy atom. The molecular weight excluding hydrogens is 232 g/mol. The van der Waals surface area contributed by atoms with Gasteiger partial charge in [-0.15, -0.1) is 0 Å². The van der Waals surface area contributed by atoms with E-state index in [0.29, 0.717) is 11.5 Å². The molecule has 2 fully saturated rings. The molecule has 1 saturated heterocycles. The number of rotatable bonds is 2. The Morgan fingerprint density at radius 2 is 1.94 bits per heavy atom. The molecule has 1 nitrogen and oxygen atoms in total. The van der Waals surface area contributed by atoms with Crippen molar-refractivity contribution in [3.63, 3.8) is 0 Å². The summed E-state index contributed by atoms with van der Waals surface area (Å²) in [5.74, 6) is 0. The second-order valence-corrected chi connectivity index (χ2v) is 6.78. The van der Waals surface area contributed by atoms with Crippen molar-refractivity contribution in [1.82, 2.24) is 0 Å². The number of epoxide rings is 1. The van der Waals surface area contributed by atoms with Crippen LogP contribution in [0.2, 0.25) is 5.02 Å². The second kappa shape index (κ2) is 3.73. The van der Waals surface area contributed by atoms with Gasteiger partial charge in [0.1, 0.15) is 0 Å². The molecule has 1 spiro atoms. The minimum Gasteiger partial charge on any atom is -0.366 e. The maximum Gasteiger partial charge on any atom is 0.0957 e. The third-order valence-electron chi connectivity index (χ3n) is 4.24. The van der Waals surface area contributed by atoms with Crippen LogP contribution in [0.3, 0.4) is 0 Å². The summed E-state index contributed by atoms with van der Waals surface area (Å²) < 4.78 is 6.00. The van der Waals surface area contributed by atoms with E-state index in [2.05, 4.69) is 26.0 Å². The Bertz CT molecular complexity index is 423. The van der Waals surface area contributed by atoms with Crippen molar-refractivity contribution in [3.8, 4) is 0 Å².